The standard InChI is InChI=1S/C14H26N4O/c1-6-10-11(8-15)13(17-16-12(10)7-2)18(5)14(3,4)9-19/h19H,6-9,15H2,1-5H3. The first-order chi connectivity index (χ1) is 8.92. The van der Waals surface area contributed by atoms with E-state index in [0.29, 0.717) is 6.54 Å². The van der Waals surface area contributed by atoms with Crippen molar-refractivity contribution in [1.29, 1.82) is 0 Å². The average Bonchev–Trinajstić information content (AvgIpc) is 2.44. The molecule has 0 bridgehead atoms. The number of nitrogens with two attached hydrogens (primary N) is 1. The smallest absolute Gasteiger partial charge is 0.156 e. The Hall–Kier alpha value is -1.20. The fourth-order valence-corrected chi connectivity index (χ4v) is 2.12. The van der Waals surface area contributed by atoms with E-state index in [2.05, 4.69) is 24.0 Å². The minimum Gasteiger partial charge on any atom is -0.394 e. The van der Waals surface area contributed by atoms with Gasteiger partial charge in [-0.2, -0.15) is 5.10 Å². The Bertz CT molecular complexity index is 432. The Morgan fingerprint density at radius 2 is 1.79 bits per heavy atom. The molecule has 0 aliphatic rings. The molecule has 0 fully saturated rings. The van der Waals surface area contributed by atoms with Crippen molar-refractivity contribution >= 4 is 5.82 Å². The van der Waals surface area contributed by atoms with Gasteiger partial charge in [0.15, 0.2) is 5.82 Å². The van der Waals surface area contributed by atoms with Gasteiger partial charge in [-0.05, 0) is 32.3 Å². The number of aliphatic hydroxyl groups excluding tert-OH is 1. The molecule has 0 spiro atoms. The van der Waals surface area contributed by atoms with Crippen LogP contribution in [0.5, 0.6) is 0 Å². The predicted molar refractivity (Wildman–Crippen MR) is 78.2 cm³/mol. The molecule has 1 rings (SSSR count). The third-order valence-electron chi connectivity index (χ3n) is 3.75. The summed E-state index contributed by atoms with van der Waals surface area (Å²) in [6, 6.07) is 0. The maximum absolute atomic E-state index is 9.50. The van der Waals surface area contributed by atoms with E-state index in [-0.39, 0.29) is 6.61 Å². The van der Waals surface area contributed by atoms with Crippen LogP contribution in [0.3, 0.4) is 0 Å². The maximum atomic E-state index is 9.50. The summed E-state index contributed by atoms with van der Waals surface area (Å²) in [5.74, 6) is 0.774. The molecule has 0 unspecified atom stereocenters. The third-order valence-corrected chi connectivity index (χ3v) is 3.75. The number of aryl methyl sites for hydroxylation is 1. The van der Waals surface area contributed by atoms with Gasteiger partial charge in [0.25, 0.3) is 0 Å². The predicted octanol–water partition coefficient (Wildman–Crippen LogP) is 1.27. The number of likely N-dealkylation sites (N-methyl/N-ethyl adjacent to an activating group) is 1. The average molecular weight is 266 g/mol. The maximum Gasteiger partial charge on any atom is 0.156 e. The lowest BCUT2D eigenvalue weighted by Crippen LogP contribution is -2.45. The molecule has 108 valence electrons. The van der Waals surface area contributed by atoms with Crippen molar-refractivity contribution in [1.82, 2.24) is 10.2 Å². The second-order valence-electron chi connectivity index (χ2n) is 5.37. The van der Waals surface area contributed by atoms with E-state index in [4.69, 9.17) is 5.73 Å². The number of aliphatic hydroxyl groups is 1. The van der Waals surface area contributed by atoms with Crippen molar-refractivity contribution in [3.05, 3.63) is 16.8 Å². The van der Waals surface area contributed by atoms with E-state index in [1.807, 2.05) is 25.8 Å². The van der Waals surface area contributed by atoms with Gasteiger partial charge in [-0.25, -0.2) is 0 Å². The second-order valence-corrected chi connectivity index (χ2v) is 5.37. The molecule has 0 amide bonds. The van der Waals surface area contributed by atoms with E-state index in [0.717, 1.165) is 29.9 Å². The van der Waals surface area contributed by atoms with Gasteiger partial charge in [0.2, 0.25) is 0 Å². The largest absolute Gasteiger partial charge is 0.394 e. The number of hydrogen-bond donors (Lipinski definition) is 2. The molecule has 0 atom stereocenters. The van der Waals surface area contributed by atoms with Crippen molar-refractivity contribution in [2.75, 3.05) is 18.6 Å². The molecule has 0 aliphatic heterocycles. The zero-order valence-electron chi connectivity index (χ0n) is 12.7. The number of nitrogens with zero attached hydrogens (tertiary/aromatic N) is 3. The van der Waals surface area contributed by atoms with E-state index < -0.39 is 5.54 Å². The molecular formula is C14H26N4O. The number of aromatic nitrogens is 2. The van der Waals surface area contributed by atoms with Gasteiger partial charge in [-0.15, -0.1) is 5.10 Å². The van der Waals surface area contributed by atoms with E-state index >= 15 is 0 Å². The van der Waals surface area contributed by atoms with Gasteiger partial charge in [-0.3, -0.25) is 0 Å². The summed E-state index contributed by atoms with van der Waals surface area (Å²) in [7, 11) is 1.92. The fourth-order valence-electron chi connectivity index (χ4n) is 2.12. The van der Waals surface area contributed by atoms with Crippen LogP contribution in [0.4, 0.5) is 5.82 Å². The van der Waals surface area contributed by atoms with E-state index in [9.17, 15) is 5.11 Å². The Morgan fingerprint density at radius 3 is 2.21 bits per heavy atom. The minimum atomic E-state index is -0.392. The molecule has 0 saturated carbocycles. The van der Waals surface area contributed by atoms with Crippen LogP contribution in [0.1, 0.15) is 44.5 Å². The third kappa shape index (κ3) is 3.04. The highest BCUT2D eigenvalue weighted by Gasteiger charge is 2.27. The molecule has 5 nitrogen and oxygen atoms in total. The first-order valence-corrected chi connectivity index (χ1v) is 6.84. The summed E-state index contributed by atoms with van der Waals surface area (Å²) < 4.78 is 0. The van der Waals surface area contributed by atoms with Gasteiger partial charge in [-0.1, -0.05) is 13.8 Å². The van der Waals surface area contributed by atoms with Crippen LogP contribution in [-0.4, -0.2) is 34.5 Å². The first kappa shape index (κ1) is 15.9. The summed E-state index contributed by atoms with van der Waals surface area (Å²) in [4.78, 5) is 1.96. The quantitative estimate of drug-likeness (QED) is 0.811. The van der Waals surface area contributed by atoms with Crippen molar-refractivity contribution in [2.24, 2.45) is 5.73 Å². The van der Waals surface area contributed by atoms with Gasteiger partial charge >= 0.3 is 0 Å². The second kappa shape index (κ2) is 6.30. The van der Waals surface area contributed by atoms with Gasteiger partial charge in [0, 0.05) is 19.2 Å². The summed E-state index contributed by atoms with van der Waals surface area (Å²) in [6.45, 7) is 8.60. The van der Waals surface area contributed by atoms with Gasteiger partial charge in [0.05, 0.1) is 17.8 Å². The molecule has 1 heterocycles. The summed E-state index contributed by atoms with van der Waals surface area (Å²) in [5.41, 5.74) is 8.77. The lowest BCUT2D eigenvalue weighted by Gasteiger charge is -2.36. The van der Waals surface area contributed by atoms with Gasteiger partial charge in [0.1, 0.15) is 0 Å². The number of rotatable bonds is 6. The van der Waals surface area contributed by atoms with Crippen molar-refractivity contribution in [3.8, 4) is 0 Å². The molecule has 3 N–H and O–H groups in total. The Labute approximate surface area is 115 Å². The normalized spacial score (nSPS) is 11.7. The van der Waals surface area contributed by atoms with Crippen LogP contribution in [0.15, 0.2) is 0 Å². The molecule has 0 aliphatic carbocycles. The molecule has 1 aromatic rings. The van der Waals surface area contributed by atoms with Crippen LogP contribution >= 0.6 is 0 Å². The zero-order valence-corrected chi connectivity index (χ0v) is 12.7. The molecule has 1 aromatic heterocycles. The Kier molecular flexibility index (Phi) is 5.26. The van der Waals surface area contributed by atoms with Crippen LogP contribution < -0.4 is 10.6 Å². The molecule has 0 radical (unpaired) electrons. The molecule has 19 heavy (non-hydrogen) atoms. The molecule has 0 saturated heterocycles. The molecular weight excluding hydrogens is 240 g/mol. The van der Waals surface area contributed by atoms with Crippen molar-refractivity contribution < 1.29 is 5.11 Å². The minimum absolute atomic E-state index is 0.0478. The molecule has 5 heteroatoms. The summed E-state index contributed by atoms with van der Waals surface area (Å²) >= 11 is 0. The van der Waals surface area contributed by atoms with Crippen molar-refractivity contribution in [3.63, 3.8) is 0 Å². The zero-order chi connectivity index (χ0) is 14.6. The van der Waals surface area contributed by atoms with Crippen molar-refractivity contribution in [2.45, 2.75) is 52.6 Å². The fraction of sp³-hybridized carbons (Fsp3) is 0.714. The number of anilines is 1. The van der Waals surface area contributed by atoms with Crippen LogP contribution in [0, 0.1) is 0 Å². The first-order valence-electron chi connectivity index (χ1n) is 6.84. The SMILES string of the molecule is CCc1nnc(N(C)C(C)(C)CO)c(CN)c1CC. The monoisotopic (exact) mass is 266 g/mol. The highest BCUT2D eigenvalue weighted by Crippen LogP contribution is 2.27. The van der Waals surface area contributed by atoms with Crippen LogP contribution in [-0.2, 0) is 19.4 Å². The lowest BCUT2D eigenvalue weighted by atomic mass is 10.00. The van der Waals surface area contributed by atoms with Crippen LogP contribution in [0.25, 0.3) is 0 Å². The van der Waals surface area contributed by atoms with Gasteiger partial charge < -0.3 is 15.7 Å². The highest BCUT2D eigenvalue weighted by atomic mass is 16.3. The summed E-state index contributed by atoms with van der Waals surface area (Å²) in [5, 5.41) is 18.1. The lowest BCUT2D eigenvalue weighted by molar-refractivity contribution is 0.215. The Balaban J connectivity index is 3.36. The number of hydrogen-bond acceptors (Lipinski definition) is 5. The van der Waals surface area contributed by atoms with Crippen LogP contribution in [0.2, 0.25) is 0 Å². The highest BCUT2D eigenvalue weighted by molar-refractivity contribution is 5.52. The Morgan fingerprint density at radius 1 is 1.16 bits per heavy atom. The van der Waals surface area contributed by atoms with E-state index in [1.54, 1.807) is 0 Å². The molecule has 0 aromatic carbocycles. The topological polar surface area (TPSA) is 75.3 Å². The van der Waals surface area contributed by atoms with E-state index in [1.165, 1.54) is 5.56 Å². The summed E-state index contributed by atoms with van der Waals surface area (Å²) in [6.07, 6.45) is 1.75.